The van der Waals surface area contributed by atoms with Crippen LogP contribution in [0.25, 0.3) is 0 Å². The van der Waals surface area contributed by atoms with E-state index < -0.39 is 0 Å². The highest BCUT2D eigenvalue weighted by atomic mass is 15.2. The molecule has 14 heavy (non-hydrogen) atoms. The lowest BCUT2D eigenvalue weighted by atomic mass is 10.1. The van der Waals surface area contributed by atoms with Gasteiger partial charge in [-0.05, 0) is 32.7 Å². The predicted octanol–water partition coefficient (Wildman–Crippen LogP) is 1.97. The maximum atomic E-state index is 7.59. The second-order valence-electron chi connectivity index (χ2n) is 4.32. The molecule has 3 nitrogen and oxygen atoms in total. The van der Waals surface area contributed by atoms with E-state index in [0.29, 0.717) is 11.9 Å². The molecule has 0 aromatic heterocycles. The summed E-state index contributed by atoms with van der Waals surface area (Å²) in [5, 5.41) is 7.59. The Morgan fingerprint density at radius 1 is 1.50 bits per heavy atom. The van der Waals surface area contributed by atoms with E-state index in [-0.39, 0.29) is 6.04 Å². The third-order valence-electron chi connectivity index (χ3n) is 3.25. The van der Waals surface area contributed by atoms with Gasteiger partial charge >= 0.3 is 0 Å². The van der Waals surface area contributed by atoms with Gasteiger partial charge in [0.1, 0.15) is 5.84 Å². The van der Waals surface area contributed by atoms with Crippen molar-refractivity contribution in [2.24, 2.45) is 5.73 Å². The third kappa shape index (κ3) is 2.71. The van der Waals surface area contributed by atoms with E-state index in [1.165, 1.54) is 25.7 Å². The Labute approximate surface area is 87.2 Å². The van der Waals surface area contributed by atoms with Gasteiger partial charge in [0.2, 0.25) is 0 Å². The van der Waals surface area contributed by atoms with Crippen LogP contribution in [0, 0.1) is 5.41 Å². The fourth-order valence-corrected chi connectivity index (χ4v) is 2.39. The average molecular weight is 197 g/mol. The van der Waals surface area contributed by atoms with E-state index >= 15 is 0 Å². The van der Waals surface area contributed by atoms with E-state index in [1.807, 2.05) is 0 Å². The summed E-state index contributed by atoms with van der Waals surface area (Å²) < 4.78 is 0. The van der Waals surface area contributed by atoms with Gasteiger partial charge < -0.3 is 5.73 Å². The fraction of sp³-hybridized carbons (Fsp3) is 0.909. The smallest absolute Gasteiger partial charge is 0.108 e. The molecule has 1 heterocycles. The topological polar surface area (TPSA) is 53.1 Å². The summed E-state index contributed by atoms with van der Waals surface area (Å²) in [5.41, 5.74) is 5.63. The summed E-state index contributed by atoms with van der Waals surface area (Å²) in [5.74, 6) is 0.334. The highest BCUT2D eigenvalue weighted by Crippen LogP contribution is 2.19. The summed E-state index contributed by atoms with van der Waals surface area (Å²) >= 11 is 0. The highest BCUT2D eigenvalue weighted by Gasteiger charge is 2.25. The molecule has 0 radical (unpaired) electrons. The zero-order valence-corrected chi connectivity index (χ0v) is 9.42. The zero-order chi connectivity index (χ0) is 10.6. The van der Waals surface area contributed by atoms with Crippen molar-refractivity contribution in [1.82, 2.24) is 4.90 Å². The van der Waals surface area contributed by atoms with E-state index in [1.54, 1.807) is 0 Å². The first kappa shape index (κ1) is 11.5. The predicted molar refractivity (Wildman–Crippen MR) is 60.6 cm³/mol. The van der Waals surface area contributed by atoms with Crippen molar-refractivity contribution in [2.45, 2.75) is 58.0 Å². The number of nitrogens with two attached hydrogens (primary N) is 1. The van der Waals surface area contributed by atoms with Crippen LogP contribution in [0.2, 0.25) is 0 Å². The first-order chi connectivity index (χ1) is 6.66. The first-order valence-corrected chi connectivity index (χ1v) is 5.76. The lowest BCUT2D eigenvalue weighted by Crippen LogP contribution is -2.48. The van der Waals surface area contributed by atoms with Crippen molar-refractivity contribution in [3.8, 4) is 0 Å². The Morgan fingerprint density at radius 3 is 2.79 bits per heavy atom. The van der Waals surface area contributed by atoms with Crippen molar-refractivity contribution in [2.75, 3.05) is 6.54 Å². The number of likely N-dealkylation sites (tertiary alicyclic amines) is 1. The monoisotopic (exact) mass is 197 g/mol. The standard InChI is InChI=1S/C11H23N3/c1-3-10(11(12)13)14-8-6-4-5-7-9(14)2/h9-10H,3-8H2,1-2H3,(H3,12,13). The molecule has 1 saturated heterocycles. The van der Waals surface area contributed by atoms with E-state index in [4.69, 9.17) is 11.1 Å². The van der Waals surface area contributed by atoms with Crippen LogP contribution in [0.1, 0.15) is 46.0 Å². The molecule has 0 aromatic carbocycles. The van der Waals surface area contributed by atoms with Gasteiger partial charge in [0, 0.05) is 6.04 Å². The second kappa shape index (κ2) is 5.35. The van der Waals surface area contributed by atoms with Gasteiger partial charge in [0.15, 0.2) is 0 Å². The van der Waals surface area contributed by atoms with Gasteiger partial charge in [-0.25, -0.2) is 0 Å². The minimum atomic E-state index is 0.170. The quantitative estimate of drug-likeness (QED) is 0.537. The molecular weight excluding hydrogens is 174 g/mol. The Kier molecular flexibility index (Phi) is 4.39. The average Bonchev–Trinajstić information content (AvgIpc) is 2.33. The van der Waals surface area contributed by atoms with Crippen LogP contribution in [0.3, 0.4) is 0 Å². The molecule has 0 spiro atoms. The molecular formula is C11H23N3. The van der Waals surface area contributed by atoms with Gasteiger partial charge in [-0.15, -0.1) is 0 Å². The van der Waals surface area contributed by atoms with E-state index in [0.717, 1.165) is 13.0 Å². The van der Waals surface area contributed by atoms with Gasteiger partial charge in [0.05, 0.1) is 6.04 Å². The fourth-order valence-electron chi connectivity index (χ4n) is 2.39. The van der Waals surface area contributed by atoms with E-state index in [2.05, 4.69) is 18.7 Å². The lowest BCUT2D eigenvalue weighted by molar-refractivity contribution is 0.180. The van der Waals surface area contributed by atoms with Gasteiger partial charge in [-0.3, -0.25) is 10.3 Å². The van der Waals surface area contributed by atoms with Gasteiger partial charge in [-0.2, -0.15) is 0 Å². The van der Waals surface area contributed by atoms with Gasteiger partial charge in [0.25, 0.3) is 0 Å². The Hall–Kier alpha value is -0.570. The number of amidine groups is 1. The minimum Gasteiger partial charge on any atom is -0.386 e. The van der Waals surface area contributed by atoms with Crippen LogP contribution in [0.15, 0.2) is 0 Å². The number of nitrogens with one attached hydrogen (secondary N) is 1. The summed E-state index contributed by atoms with van der Waals surface area (Å²) in [4.78, 5) is 2.41. The molecule has 1 aliphatic heterocycles. The van der Waals surface area contributed by atoms with Crippen molar-refractivity contribution in [3.63, 3.8) is 0 Å². The lowest BCUT2D eigenvalue weighted by Gasteiger charge is -2.33. The highest BCUT2D eigenvalue weighted by molar-refractivity contribution is 5.82. The maximum Gasteiger partial charge on any atom is 0.108 e. The van der Waals surface area contributed by atoms with Crippen LogP contribution in [-0.2, 0) is 0 Å². The molecule has 2 unspecified atom stereocenters. The Morgan fingerprint density at radius 2 is 2.21 bits per heavy atom. The van der Waals surface area contributed by atoms with Crippen LogP contribution in [0.5, 0.6) is 0 Å². The first-order valence-electron chi connectivity index (χ1n) is 5.76. The van der Waals surface area contributed by atoms with Crippen LogP contribution < -0.4 is 5.73 Å². The summed E-state index contributed by atoms with van der Waals surface area (Å²) in [6.45, 7) is 5.49. The molecule has 1 rings (SSSR count). The Balaban J connectivity index is 2.65. The molecule has 0 bridgehead atoms. The van der Waals surface area contributed by atoms with Crippen molar-refractivity contribution >= 4 is 5.84 Å². The molecule has 1 aliphatic rings. The zero-order valence-electron chi connectivity index (χ0n) is 9.42. The molecule has 3 N–H and O–H groups in total. The summed E-state index contributed by atoms with van der Waals surface area (Å²) in [6, 6.07) is 0.759. The summed E-state index contributed by atoms with van der Waals surface area (Å²) in [6.07, 6.45) is 6.12. The van der Waals surface area contributed by atoms with Crippen LogP contribution in [-0.4, -0.2) is 29.4 Å². The second-order valence-corrected chi connectivity index (χ2v) is 4.32. The number of rotatable bonds is 3. The Bertz CT molecular complexity index is 191. The van der Waals surface area contributed by atoms with Crippen molar-refractivity contribution in [3.05, 3.63) is 0 Å². The summed E-state index contributed by atoms with van der Waals surface area (Å²) in [7, 11) is 0. The van der Waals surface area contributed by atoms with E-state index in [9.17, 15) is 0 Å². The van der Waals surface area contributed by atoms with Crippen LogP contribution >= 0.6 is 0 Å². The van der Waals surface area contributed by atoms with Crippen molar-refractivity contribution < 1.29 is 0 Å². The third-order valence-corrected chi connectivity index (χ3v) is 3.25. The maximum absolute atomic E-state index is 7.59. The van der Waals surface area contributed by atoms with Crippen LogP contribution in [0.4, 0.5) is 0 Å². The molecule has 0 aliphatic carbocycles. The molecule has 3 heteroatoms. The number of nitrogens with zero attached hydrogens (tertiary/aromatic N) is 1. The molecule has 1 fully saturated rings. The minimum absolute atomic E-state index is 0.170. The number of hydrogen-bond acceptors (Lipinski definition) is 2. The molecule has 0 saturated carbocycles. The molecule has 0 aromatic rings. The normalized spacial score (nSPS) is 26.9. The SMILES string of the molecule is CCC(C(=N)N)N1CCCCCC1C. The molecule has 2 atom stereocenters. The molecule has 0 amide bonds. The largest absolute Gasteiger partial charge is 0.386 e. The number of hydrogen-bond donors (Lipinski definition) is 2. The van der Waals surface area contributed by atoms with Crippen molar-refractivity contribution in [1.29, 1.82) is 5.41 Å². The van der Waals surface area contributed by atoms with Gasteiger partial charge in [-0.1, -0.05) is 19.8 Å². The molecule has 82 valence electrons.